The quantitative estimate of drug-likeness (QED) is 0.788. The fourth-order valence-electron chi connectivity index (χ4n) is 2.35. The smallest absolute Gasteiger partial charge is 0.308 e. The van der Waals surface area contributed by atoms with Gasteiger partial charge in [0.05, 0.1) is 5.92 Å². The van der Waals surface area contributed by atoms with Crippen LogP contribution in [-0.2, 0) is 9.59 Å². The maximum Gasteiger partial charge on any atom is 0.308 e. The molecule has 2 atom stereocenters. The molecule has 0 aromatic carbocycles. The van der Waals surface area contributed by atoms with E-state index in [0.717, 1.165) is 6.54 Å². The molecule has 0 radical (unpaired) electrons. The van der Waals surface area contributed by atoms with Crippen molar-refractivity contribution in [1.29, 1.82) is 0 Å². The number of carboxylic acids is 1. The summed E-state index contributed by atoms with van der Waals surface area (Å²) in [6.07, 6.45) is 0.594. The summed E-state index contributed by atoms with van der Waals surface area (Å²) in [5, 5.41) is 12.4. The number of hydrogen-bond donors (Lipinski definition) is 2. The summed E-state index contributed by atoms with van der Waals surface area (Å²) in [4.78, 5) is 25.1. The molecule has 1 aliphatic rings. The summed E-state index contributed by atoms with van der Waals surface area (Å²) in [5.74, 6) is -1.25. The van der Waals surface area contributed by atoms with E-state index in [4.69, 9.17) is 5.11 Å². The van der Waals surface area contributed by atoms with Crippen molar-refractivity contribution in [3.05, 3.63) is 0 Å². The molecule has 18 heavy (non-hydrogen) atoms. The molecule has 1 saturated heterocycles. The van der Waals surface area contributed by atoms with Gasteiger partial charge in [-0.25, -0.2) is 0 Å². The van der Waals surface area contributed by atoms with Gasteiger partial charge < -0.3 is 15.3 Å². The van der Waals surface area contributed by atoms with E-state index in [2.05, 4.69) is 5.32 Å². The summed E-state index contributed by atoms with van der Waals surface area (Å²) in [6, 6.07) is 0.0798. The second kappa shape index (κ2) is 5.69. The minimum atomic E-state index is -0.815. The maximum atomic E-state index is 12.2. The van der Waals surface area contributed by atoms with Gasteiger partial charge in [0.25, 0.3) is 0 Å². The van der Waals surface area contributed by atoms with E-state index in [9.17, 15) is 9.59 Å². The van der Waals surface area contributed by atoms with Crippen LogP contribution in [0.2, 0.25) is 0 Å². The number of carbonyl (C=O) groups excluding carboxylic acids is 1. The Bertz CT molecular complexity index is 323. The molecule has 104 valence electrons. The zero-order chi connectivity index (χ0) is 13.9. The van der Waals surface area contributed by atoms with Crippen LogP contribution in [0, 0.1) is 11.3 Å². The highest BCUT2D eigenvalue weighted by atomic mass is 16.4. The third-order valence-electron chi connectivity index (χ3n) is 3.22. The van der Waals surface area contributed by atoms with Gasteiger partial charge >= 0.3 is 5.97 Å². The van der Waals surface area contributed by atoms with Gasteiger partial charge in [-0.1, -0.05) is 27.7 Å². The van der Waals surface area contributed by atoms with Crippen molar-refractivity contribution in [3.8, 4) is 0 Å². The van der Waals surface area contributed by atoms with Crippen molar-refractivity contribution in [2.75, 3.05) is 19.6 Å². The molecule has 1 aliphatic heterocycles. The number of rotatable bonds is 3. The minimum Gasteiger partial charge on any atom is -0.481 e. The Morgan fingerprint density at radius 2 is 1.94 bits per heavy atom. The number of carbonyl (C=O) groups is 2. The van der Waals surface area contributed by atoms with Gasteiger partial charge in [0.2, 0.25) is 5.91 Å². The van der Waals surface area contributed by atoms with E-state index >= 15 is 0 Å². The van der Waals surface area contributed by atoms with E-state index in [0.29, 0.717) is 19.5 Å². The third kappa shape index (κ3) is 3.70. The zero-order valence-corrected chi connectivity index (χ0v) is 11.7. The zero-order valence-electron chi connectivity index (χ0n) is 11.7. The van der Waals surface area contributed by atoms with Crippen molar-refractivity contribution in [3.63, 3.8) is 0 Å². The Kier molecular flexibility index (Phi) is 4.73. The van der Waals surface area contributed by atoms with Crippen molar-refractivity contribution < 1.29 is 14.7 Å². The number of carboxylic acid groups (broad SMARTS) is 1. The molecule has 0 aliphatic carbocycles. The Morgan fingerprint density at radius 1 is 1.33 bits per heavy atom. The molecule has 0 aromatic rings. The van der Waals surface area contributed by atoms with Gasteiger partial charge in [-0.3, -0.25) is 9.59 Å². The maximum absolute atomic E-state index is 12.2. The molecule has 1 heterocycles. The topological polar surface area (TPSA) is 69.6 Å². The molecule has 2 N–H and O–H groups in total. The first kappa shape index (κ1) is 15.0. The van der Waals surface area contributed by atoms with Crippen molar-refractivity contribution in [1.82, 2.24) is 10.2 Å². The van der Waals surface area contributed by atoms with E-state index in [1.165, 1.54) is 0 Å². The Labute approximate surface area is 109 Å². The van der Waals surface area contributed by atoms with E-state index in [1.54, 1.807) is 4.90 Å². The standard InChI is InChI=1S/C13H24N2O3/c1-5-14-10-6-9(11(16)17)7-15(8-10)12(18)13(2,3)4/h9-10,14H,5-8H2,1-4H3,(H,16,17). The predicted octanol–water partition coefficient (Wildman–Crippen LogP) is 0.944. The van der Waals surface area contributed by atoms with Gasteiger partial charge in [0, 0.05) is 24.5 Å². The monoisotopic (exact) mass is 256 g/mol. The van der Waals surface area contributed by atoms with E-state index < -0.39 is 17.3 Å². The highest BCUT2D eigenvalue weighted by Gasteiger charge is 2.36. The average Bonchev–Trinajstić information content (AvgIpc) is 2.26. The Balaban J connectivity index is 2.79. The predicted molar refractivity (Wildman–Crippen MR) is 69.2 cm³/mol. The molecule has 1 amide bonds. The van der Waals surface area contributed by atoms with Crippen molar-refractivity contribution >= 4 is 11.9 Å². The van der Waals surface area contributed by atoms with Crippen LogP contribution >= 0.6 is 0 Å². The second-order valence-electron chi connectivity index (χ2n) is 5.99. The van der Waals surface area contributed by atoms with Crippen molar-refractivity contribution in [2.45, 2.75) is 40.2 Å². The first-order chi connectivity index (χ1) is 8.25. The number of piperidine rings is 1. The van der Waals surface area contributed by atoms with Gasteiger partial charge in [-0.2, -0.15) is 0 Å². The lowest BCUT2D eigenvalue weighted by Crippen LogP contribution is -2.55. The number of nitrogens with zero attached hydrogens (tertiary/aromatic N) is 1. The molecule has 2 unspecified atom stereocenters. The molecule has 0 spiro atoms. The molecule has 1 fully saturated rings. The van der Waals surface area contributed by atoms with Crippen LogP contribution in [0.25, 0.3) is 0 Å². The number of likely N-dealkylation sites (N-methyl/N-ethyl adjacent to an activating group) is 1. The molecule has 1 rings (SSSR count). The van der Waals surface area contributed by atoms with Crippen LogP contribution < -0.4 is 5.32 Å². The normalized spacial score (nSPS) is 25.0. The minimum absolute atomic E-state index is 0.0244. The van der Waals surface area contributed by atoms with Gasteiger partial charge in [0.15, 0.2) is 0 Å². The average molecular weight is 256 g/mol. The SMILES string of the molecule is CCNC1CC(C(=O)O)CN(C(=O)C(C)(C)C)C1. The summed E-state index contributed by atoms with van der Waals surface area (Å²) < 4.78 is 0. The number of aliphatic carboxylic acids is 1. The first-order valence-corrected chi connectivity index (χ1v) is 6.51. The van der Waals surface area contributed by atoms with Gasteiger partial charge in [0.1, 0.15) is 0 Å². The molecule has 0 saturated carbocycles. The lowest BCUT2D eigenvalue weighted by atomic mass is 9.89. The van der Waals surface area contributed by atoms with Crippen LogP contribution in [0.4, 0.5) is 0 Å². The Hall–Kier alpha value is -1.10. The highest BCUT2D eigenvalue weighted by molar-refractivity contribution is 5.82. The van der Waals surface area contributed by atoms with Gasteiger partial charge in [-0.15, -0.1) is 0 Å². The fourth-order valence-corrected chi connectivity index (χ4v) is 2.35. The molecule has 0 aromatic heterocycles. The van der Waals surface area contributed by atoms with Crippen LogP contribution in [-0.4, -0.2) is 47.6 Å². The van der Waals surface area contributed by atoms with Crippen LogP contribution in [0.1, 0.15) is 34.1 Å². The molecule has 5 nitrogen and oxygen atoms in total. The lowest BCUT2D eigenvalue weighted by Gasteiger charge is -2.39. The van der Waals surface area contributed by atoms with Crippen LogP contribution in [0.3, 0.4) is 0 Å². The van der Waals surface area contributed by atoms with E-state index in [-0.39, 0.29) is 11.9 Å². The summed E-state index contributed by atoms with van der Waals surface area (Å²) in [5.41, 5.74) is -0.461. The molecule has 5 heteroatoms. The van der Waals surface area contributed by atoms with E-state index in [1.807, 2.05) is 27.7 Å². The largest absolute Gasteiger partial charge is 0.481 e. The van der Waals surface area contributed by atoms with Crippen LogP contribution in [0.15, 0.2) is 0 Å². The Morgan fingerprint density at radius 3 is 2.39 bits per heavy atom. The molecular formula is C13H24N2O3. The fraction of sp³-hybridized carbons (Fsp3) is 0.846. The second-order valence-corrected chi connectivity index (χ2v) is 5.99. The number of likely N-dealkylation sites (tertiary alicyclic amines) is 1. The van der Waals surface area contributed by atoms with Crippen molar-refractivity contribution in [2.24, 2.45) is 11.3 Å². The number of amides is 1. The summed E-state index contributed by atoms with van der Waals surface area (Å²) in [7, 11) is 0. The lowest BCUT2D eigenvalue weighted by molar-refractivity contribution is -0.149. The highest BCUT2D eigenvalue weighted by Crippen LogP contribution is 2.23. The molecule has 0 bridgehead atoms. The number of hydrogen-bond acceptors (Lipinski definition) is 3. The number of nitrogens with one attached hydrogen (secondary N) is 1. The summed E-state index contributed by atoms with van der Waals surface area (Å²) >= 11 is 0. The summed E-state index contributed by atoms with van der Waals surface area (Å²) in [6.45, 7) is 9.29. The van der Waals surface area contributed by atoms with Crippen LogP contribution in [0.5, 0.6) is 0 Å². The van der Waals surface area contributed by atoms with Gasteiger partial charge in [-0.05, 0) is 13.0 Å². The third-order valence-corrected chi connectivity index (χ3v) is 3.22. The molecular weight excluding hydrogens is 232 g/mol. The first-order valence-electron chi connectivity index (χ1n) is 6.51.